The molecule has 1 fully saturated rings. The molecule has 0 unspecified atom stereocenters. The molecule has 0 saturated heterocycles. The van der Waals surface area contributed by atoms with Gasteiger partial charge in [0.05, 0.1) is 0 Å². The molecule has 4 rings (SSSR count). The number of aryl methyl sites for hydroxylation is 1. The highest BCUT2D eigenvalue weighted by Gasteiger charge is 2.51. The minimum absolute atomic E-state index is 0.172. The van der Waals surface area contributed by atoms with Gasteiger partial charge < -0.3 is 9.84 Å². The lowest BCUT2D eigenvalue weighted by atomic mass is 9.90. The summed E-state index contributed by atoms with van der Waals surface area (Å²) in [6, 6.07) is 8.48. The summed E-state index contributed by atoms with van der Waals surface area (Å²) in [5.74, 6) is 0.620. The van der Waals surface area contributed by atoms with Crippen molar-refractivity contribution in [3.8, 4) is 22.6 Å². The monoisotopic (exact) mass is 256 g/mol. The Morgan fingerprint density at radius 3 is 2.68 bits per heavy atom. The number of hydrogen-bond acceptors (Lipinski definition) is 2. The molecular weight excluding hydrogens is 243 g/mol. The first-order chi connectivity index (χ1) is 9.09. The normalized spacial score (nSPS) is 17.6. The van der Waals surface area contributed by atoms with Crippen LogP contribution in [-0.4, -0.2) is 5.11 Å². The van der Waals surface area contributed by atoms with Crippen molar-refractivity contribution in [2.75, 3.05) is 0 Å². The Kier molecular flexibility index (Phi) is 1.88. The van der Waals surface area contributed by atoms with Gasteiger partial charge in [-0.3, -0.25) is 0 Å². The van der Waals surface area contributed by atoms with E-state index in [2.05, 4.69) is 0 Å². The first kappa shape index (κ1) is 10.9. The molecule has 0 atom stereocenters. The van der Waals surface area contributed by atoms with Crippen molar-refractivity contribution in [3.63, 3.8) is 0 Å². The van der Waals surface area contributed by atoms with Crippen LogP contribution in [0.15, 0.2) is 30.3 Å². The first-order valence-corrected chi connectivity index (χ1v) is 6.42. The average Bonchev–Trinajstić information content (AvgIpc) is 3.12. The van der Waals surface area contributed by atoms with Gasteiger partial charge in [0.1, 0.15) is 22.9 Å². The van der Waals surface area contributed by atoms with Crippen LogP contribution in [0.4, 0.5) is 4.39 Å². The first-order valence-electron chi connectivity index (χ1n) is 6.42. The van der Waals surface area contributed by atoms with Crippen LogP contribution in [-0.2, 0) is 5.60 Å². The standard InChI is InChI=1S/C16H13FO2/c1-9-6-13-12(8-14(9)17)11-3-2-10(18)7-15(11)19-16(13)4-5-16/h2-3,6-8,18H,4-5H2,1H3. The van der Waals surface area contributed by atoms with Crippen LogP contribution in [0.1, 0.15) is 24.0 Å². The largest absolute Gasteiger partial charge is 0.508 e. The van der Waals surface area contributed by atoms with Gasteiger partial charge >= 0.3 is 0 Å². The van der Waals surface area contributed by atoms with Crippen LogP contribution < -0.4 is 4.74 Å². The molecule has 3 heteroatoms. The number of phenolic OH excluding ortho intramolecular Hbond substituents is 1. The Morgan fingerprint density at radius 2 is 1.95 bits per heavy atom. The van der Waals surface area contributed by atoms with Gasteiger partial charge in [0.25, 0.3) is 0 Å². The number of rotatable bonds is 0. The van der Waals surface area contributed by atoms with E-state index in [1.165, 1.54) is 0 Å². The van der Waals surface area contributed by atoms with Crippen molar-refractivity contribution < 1.29 is 14.2 Å². The topological polar surface area (TPSA) is 29.5 Å². The van der Waals surface area contributed by atoms with Crippen LogP contribution in [0, 0.1) is 12.7 Å². The number of phenols is 1. The highest BCUT2D eigenvalue weighted by atomic mass is 19.1. The summed E-state index contributed by atoms with van der Waals surface area (Å²) in [6.07, 6.45) is 1.89. The Hall–Kier alpha value is -2.03. The fourth-order valence-electron chi connectivity index (χ4n) is 2.85. The zero-order valence-electron chi connectivity index (χ0n) is 10.5. The molecule has 2 aromatic rings. The van der Waals surface area contributed by atoms with Gasteiger partial charge in [0, 0.05) is 17.2 Å². The van der Waals surface area contributed by atoms with E-state index in [4.69, 9.17) is 4.74 Å². The lowest BCUT2D eigenvalue weighted by Gasteiger charge is -2.29. The van der Waals surface area contributed by atoms with Crippen molar-refractivity contribution in [2.24, 2.45) is 0 Å². The molecule has 0 bridgehead atoms. The van der Waals surface area contributed by atoms with Crippen molar-refractivity contribution in [1.82, 2.24) is 0 Å². The van der Waals surface area contributed by atoms with Crippen LogP contribution in [0.2, 0.25) is 0 Å². The fraction of sp³-hybridized carbons (Fsp3) is 0.250. The Labute approximate surface area is 110 Å². The molecule has 0 amide bonds. The number of benzene rings is 2. The van der Waals surface area contributed by atoms with E-state index in [9.17, 15) is 9.50 Å². The summed E-state index contributed by atoms with van der Waals surface area (Å²) in [7, 11) is 0. The highest BCUT2D eigenvalue weighted by Crippen LogP contribution is 2.57. The van der Waals surface area contributed by atoms with E-state index in [1.54, 1.807) is 31.2 Å². The predicted molar refractivity (Wildman–Crippen MR) is 69.8 cm³/mol. The summed E-state index contributed by atoms with van der Waals surface area (Å²) < 4.78 is 19.9. The van der Waals surface area contributed by atoms with Gasteiger partial charge in [-0.05, 0) is 55.2 Å². The van der Waals surface area contributed by atoms with Gasteiger partial charge in [-0.15, -0.1) is 0 Å². The average molecular weight is 256 g/mol. The number of ether oxygens (including phenoxy) is 1. The SMILES string of the molecule is Cc1cc2c(cc1F)-c1ccc(O)cc1OC21CC1. The summed E-state index contributed by atoms with van der Waals surface area (Å²) in [6.45, 7) is 1.78. The second-order valence-electron chi connectivity index (χ2n) is 5.42. The lowest BCUT2D eigenvalue weighted by Crippen LogP contribution is -2.21. The number of aromatic hydroxyl groups is 1. The molecule has 2 aliphatic rings. The van der Waals surface area contributed by atoms with Crippen LogP contribution in [0.5, 0.6) is 11.5 Å². The Balaban J connectivity index is 2.04. The molecule has 1 spiro atoms. The van der Waals surface area contributed by atoms with Gasteiger partial charge in [-0.1, -0.05) is 0 Å². The van der Waals surface area contributed by atoms with Crippen LogP contribution >= 0.6 is 0 Å². The van der Waals surface area contributed by atoms with E-state index in [-0.39, 0.29) is 17.2 Å². The molecule has 2 aromatic carbocycles. The second kappa shape index (κ2) is 3.29. The molecular formula is C16H13FO2. The molecule has 19 heavy (non-hydrogen) atoms. The van der Waals surface area contributed by atoms with Gasteiger partial charge in [-0.25, -0.2) is 4.39 Å². The second-order valence-corrected chi connectivity index (χ2v) is 5.42. The third-order valence-electron chi connectivity index (χ3n) is 4.05. The summed E-state index contributed by atoms with van der Waals surface area (Å²) in [5, 5.41) is 9.57. The summed E-state index contributed by atoms with van der Waals surface area (Å²) in [4.78, 5) is 0. The minimum Gasteiger partial charge on any atom is -0.508 e. The molecule has 96 valence electrons. The molecule has 0 aromatic heterocycles. The van der Waals surface area contributed by atoms with Crippen LogP contribution in [0.25, 0.3) is 11.1 Å². The predicted octanol–water partition coefficient (Wildman–Crippen LogP) is 3.89. The molecule has 1 N–H and O–H groups in total. The summed E-state index contributed by atoms with van der Waals surface area (Å²) >= 11 is 0. The van der Waals surface area contributed by atoms with Crippen molar-refractivity contribution >= 4 is 0 Å². The number of halogens is 1. The fourth-order valence-corrected chi connectivity index (χ4v) is 2.85. The smallest absolute Gasteiger partial charge is 0.135 e. The molecule has 1 saturated carbocycles. The van der Waals surface area contributed by atoms with E-state index >= 15 is 0 Å². The maximum absolute atomic E-state index is 13.9. The van der Waals surface area contributed by atoms with Crippen molar-refractivity contribution in [1.29, 1.82) is 0 Å². The third kappa shape index (κ3) is 1.41. The van der Waals surface area contributed by atoms with Gasteiger partial charge in [0.2, 0.25) is 0 Å². The minimum atomic E-state index is -0.297. The van der Waals surface area contributed by atoms with Gasteiger partial charge in [0.15, 0.2) is 0 Å². The van der Waals surface area contributed by atoms with Gasteiger partial charge in [-0.2, -0.15) is 0 Å². The third-order valence-corrected chi connectivity index (χ3v) is 4.05. The maximum Gasteiger partial charge on any atom is 0.135 e. The van der Waals surface area contributed by atoms with Crippen molar-refractivity contribution in [3.05, 3.63) is 47.3 Å². The Bertz CT molecular complexity index is 702. The zero-order chi connectivity index (χ0) is 13.2. The van der Waals surface area contributed by atoms with E-state index in [0.29, 0.717) is 11.3 Å². The van der Waals surface area contributed by atoms with Crippen molar-refractivity contribution in [2.45, 2.75) is 25.4 Å². The lowest BCUT2D eigenvalue weighted by molar-refractivity contribution is 0.177. The molecule has 1 heterocycles. The maximum atomic E-state index is 13.9. The van der Waals surface area contributed by atoms with E-state index in [0.717, 1.165) is 29.5 Å². The Morgan fingerprint density at radius 1 is 1.16 bits per heavy atom. The molecule has 2 nitrogen and oxygen atoms in total. The quantitative estimate of drug-likeness (QED) is 0.775. The van der Waals surface area contributed by atoms with E-state index < -0.39 is 0 Å². The zero-order valence-corrected chi connectivity index (χ0v) is 10.5. The number of hydrogen-bond donors (Lipinski definition) is 1. The molecule has 1 aliphatic heterocycles. The van der Waals surface area contributed by atoms with Crippen LogP contribution in [0.3, 0.4) is 0 Å². The summed E-state index contributed by atoms with van der Waals surface area (Å²) in [5.41, 5.74) is 3.17. The molecule has 1 aliphatic carbocycles. The highest BCUT2D eigenvalue weighted by molar-refractivity contribution is 5.78. The number of fused-ring (bicyclic) bond motifs is 4. The molecule has 0 radical (unpaired) electrons. The van der Waals surface area contributed by atoms with E-state index in [1.807, 2.05) is 6.07 Å².